The number of carbonyl (C=O) groups excluding carboxylic acids is 1. The van der Waals surface area contributed by atoms with Gasteiger partial charge in [0, 0.05) is 23.9 Å². The highest BCUT2D eigenvalue weighted by Crippen LogP contribution is 2.27. The lowest BCUT2D eigenvalue weighted by Gasteiger charge is -2.05. The van der Waals surface area contributed by atoms with Crippen LogP contribution in [0.3, 0.4) is 0 Å². The molecule has 0 saturated heterocycles. The number of nitrogens with two attached hydrogens (primary N) is 1. The molecule has 1 heterocycles. The first-order chi connectivity index (χ1) is 13.9. The molecule has 3 rings (SSSR count). The van der Waals surface area contributed by atoms with E-state index in [2.05, 4.69) is 10.3 Å². The Balaban J connectivity index is 1.76. The topological polar surface area (TPSA) is 105 Å². The average Bonchev–Trinajstić information content (AvgIpc) is 3.03. The summed E-state index contributed by atoms with van der Waals surface area (Å²) in [4.78, 5) is 17.2. The number of amides is 1. The molecule has 1 amide bonds. The van der Waals surface area contributed by atoms with E-state index in [0.29, 0.717) is 11.6 Å². The molecule has 0 saturated carbocycles. The van der Waals surface area contributed by atoms with Crippen molar-refractivity contribution in [3.05, 3.63) is 75.8 Å². The Hall–Kier alpha value is -2.55. The smallest absolute Gasteiger partial charge is 0.223 e. The van der Waals surface area contributed by atoms with Crippen molar-refractivity contribution in [1.29, 1.82) is 0 Å². The summed E-state index contributed by atoms with van der Waals surface area (Å²) in [6.45, 7) is 1.47. The van der Waals surface area contributed by atoms with Crippen LogP contribution in [0.15, 0.2) is 48.5 Å². The highest BCUT2D eigenvalue weighted by Gasteiger charge is 2.13. The molecular weight excluding hydrogens is 406 g/mol. The molecule has 0 aliphatic rings. The monoisotopic (exact) mass is 429 g/mol. The number of thiazole rings is 1. The number of carbonyl (C=O) groups is 1. The van der Waals surface area contributed by atoms with E-state index in [1.54, 1.807) is 0 Å². The van der Waals surface area contributed by atoms with Crippen LogP contribution in [0, 0.1) is 0 Å². The van der Waals surface area contributed by atoms with Crippen molar-refractivity contribution >= 4 is 39.1 Å². The molecule has 0 fully saturated rings. The third kappa shape index (κ3) is 6.49. The second kappa shape index (κ2) is 9.78. The quantitative estimate of drug-likeness (QED) is 0.373. The Morgan fingerprint density at radius 2 is 1.69 bits per heavy atom. The van der Waals surface area contributed by atoms with Crippen LogP contribution in [0.4, 0.5) is 10.8 Å². The molecule has 152 valence electrons. The van der Waals surface area contributed by atoms with Gasteiger partial charge < -0.3 is 15.6 Å². The summed E-state index contributed by atoms with van der Waals surface area (Å²) in [5.41, 5.74) is 10.5. The molecule has 0 aliphatic carbocycles. The lowest BCUT2D eigenvalue weighted by molar-refractivity contribution is -0.114. The van der Waals surface area contributed by atoms with Crippen molar-refractivity contribution in [3.8, 4) is 0 Å². The Bertz CT molecular complexity index is 999. The molecule has 2 aromatic carbocycles. The zero-order valence-electron chi connectivity index (χ0n) is 16.1. The van der Waals surface area contributed by atoms with Gasteiger partial charge in [0.05, 0.1) is 11.4 Å². The third-order valence-corrected chi connectivity index (χ3v) is 5.96. The summed E-state index contributed by atoms with van der Waals surface area (Å²) < 4.78 is 20.0. The highest BCUT2D eigenvalue weighted by atomic mass is 32.2. The Kier molecular flexibility index (Phi) is 7.13. The number of nitrogens with one attached hydrogen (secondary N) is 1. The van der Waals surface area contributed by atoms with Crippen molar-refractivity contribution < 1.29 is 13.6 Å². The molecule has 6 nitrogen and oxygen atoms in total. The van der Waals surface area contributed by atoms with Gasteiger partial charge in [0.2, 0.25) is 5.91 Å². The molecule has 8 heteroatoms. The van der Waals surface area contributed by atoms with Crippen LogP contribution >= 0.6 is 11.3 Å². The molecule has 29 heavy (non-hydrogen) atoms. The van der Waals surface area contributed by atoms with E-state index in [9.17, 15) is 9.00 Å². The van der Waals surface area contributed by atoms with E-state index in [0.717, 1.165) is 40.2 Å². The number of aromatic nitrogens is 1. The van der Waals surface area contributed by atoms with Crippen LogP contribution in [0.2, 0.25) is 0 Å². The van der Waals surface area contributed by atoms with Gasteiger partial charge in [0.15, 0.2) is 16.2 Å². The van der Waals surface area contributed by atoms with Gasteiger partial charge in [-0.1, -0.05) is 36.4 Å². The molecule has 0 aliphatic heterocycles. The van der Waals surface area contributed by atoms with Gasteiger partial charge in [-0.25, -0.2) is 9.19 Å². The molecule has 0 spiro atoms. The maximum absolute atomic E-state index is 11.4. The van der Waals surface area contributed by atoms with Crippen molar-refractivity contribution in [2.24, 2.45) is 0 Å². The number of benzene rings is 2. The highest BCUT2D eigenvalue weighted by molar-refractivity contribution is 7.78. The number of hydrogen-bond donors (Lipinski definition) is 3. The summed E-state index contributed by atoms with van der Waals surface area (Å²) >= 11 is -0.362. The number of nitrogen functional groups attached to an aromatic ring is 1. The van der Waals surface area contributed by atoms with Crippen LogP contribution in [-0.4, -0.2) is 19.7 Å². The maximum atomic E-state index is 11.4. The van der Waals surface area contributed by atoms with Crippen molar-refractivity contribution in [1.82, 2.24) is 4.98 Å². The van der Waals surface area contributed by atoms with E-state index in [4.69, 9.17) is 10.3 Å². The SMILES string of the molecule is CC(=O)Nc1nc(CCc2ccc(N)cc2)c(Cc2ccc(CS(=O)O)cc2)s1. The lowest BCUT2D eigenvalue weighted by Crippen LogP contribution is -2.05. The van der Waals surface area contributed by atoms with Crippen molar-refractivity contribution in [3.63, 3.8) is 0 Å². The average molecular weight is 430 g/mol. The Morgan fingerprint density at radius 3 is 2.31 bits per heavy atom. The minimum absolute atomic E-state index is 0.125. The summed E-state index contributed by atoms with van der Waals surface area (Å²) in [6, 6.07) is 15.5. The number of nitrogens with zero attached hydrogens (tertiary/aromatic N) is 1. The van der Waals surface area contributed by atoms with Crippen molar-refractivity contribution in [2.75, 3.05) is 11.1 Å². The van der Waals surface area contributed by atoms with Gasteiger partial charge in [-0.15, -0.1) is 11.3 Å². The summed E-state index contributed by atoms with van der Waals surface area (Å²) in [5, 5.41) is 3.38. The van der Waals surface area contributed by atoms with E-state index >= 15 is 0 Å². The second-order valence-electron chi connectivity index (χ2n) is 6.77. The number of anilines is 2. The minimum Gasteiger partial charge on any atom is -0.399 e. The molecule has 1 atom stereocenters. The lowest BCUT2D eigenvalue weighted by atomic mass is 10.0. The maximum Gasteiger partial charge on any atom is 0.223 e. The van der Waals surface area contributed by atoms with Crippen molar-refractivity contribution in [2.45, 2.75) is 31.9 Å². The fourth-order valence-corrected chi connectivity index (χ4v) is 4.52. The number of hydrogen-bond acceptors (Lipinski definition) is 5. The first kappa shape index (κ1) is 21.2. The molecule has 0 radical (unpaired) electrons. The largest absolute Gasteiger partial charge is 0.399 e. The fourth-order valence-electron chi connectivity index (χ4n) is 2.95. The van der Waals surface area contributed by atoms with Gasteiger partial charge in [-0.05, 0) is 41.7 Å². The predicted octanol–water partition coefficient (Wildman–Crippen LogP) is 3.78. The molecule has 3 aromatic rings. The van der Waals surface area contributed by atoms with E-state index < -0.39 is 11.1 Å². The van der Waals surface area contributed by atoms with Crippen LogP contribution < -0.4 is 11.1 Å². The first-order valence-corrected chi connectivity index (χ1v) is 11.2. The van der Waals surface area contributed by atoms with E-state index in [-0.39, 0.29) is 11.7 Å². The van der Waals surface area contributed by atoms with Gasteiger partial charge in [0.25, 0.3) is 0 Å². The standard InChI is InChI=1S/C21H23N3O3S2/c1-14(25)23-21-24-19(11-8-15-6-9-18(22)10-7-15)20(28-21)12-16-2-4-17(5-3-16)13-29(26)27/h2-7,9-10H,8,11-13,22H2,1H3,(H,26,27)(H,23,24,25). The van der Waals surface area contributed by atoms with Gasteiger partial charge in [0.1, 0.15) is 0 Å². The van der Waals surface area contributed by atoms with E-state index in [1.807, 2.05) is 48.5 Å². The van der Waals surface area contributed by atoms with Crippen LogP contribution in [0.25, 0.3) is 0 Å². The normalized spacial score (nSPS) is 11.9. The van der Waals surface area contributed by atoms with Crippen LogP contribution in [0.5, 0.6) is 0 Å². The third-order valence-electron chi connectivity index (χ3n) is 4.37. The first-order valence-electron chi connectivity index (χ1n) is 9.15. The summed E-state index contributed by atoms with van der Waals surface area (Å²) in [7, 11) is 0. The zero-order valence-corrected chi connectivity index (χ0v) is 17.7. The Labute approximate surface area is 176 Å². The fraction of sp³-hybridized carbons (Fsp3) is 0.238. The summed E-state index contributed by atoms with van der Waals surface area (Å²) in [6.07, 6.45) is 2.28. The van der Waals surface area contributed by atoms with Gasteiger partial charge >= 0.3 is 0 Å². The number of rotatable bonds is 8. The molecular formula is C21H23N3O3S2. The van der Waals surface area contributed by atoms with E-state index in [1.165, 1.54) is 23.8 Å². The van der Waals surface area contributed by atoms with Gasteiger partial charge in [-0.3, -0.25) is 4.79 Å². The number of aryl methyl sites for hydroxylation is 2. The molecule has 4 N–H and O–H groups in total. The molecule has 1 unspecified atom stereocenters. The zero-order chi connectivity index (χ0) is 20.8. The Morgan fingerprint density at radius 1 is 1.07 bits per heavy atom. The minimum atomic E-state index is -1.85. The van der Waals surface area contributed by atoms with Crippen LogP contribution in [0.1, 0.15) is 34.2 Å². The second-order valence-corrected chi connectivity index (χ2v) is 8.79. The molecule has 0 bridgehead atoms. The van der Waals surface area contributed by atoms with Crippen LogP contribution in [-0.2, 0) is 40.9 Å². The van der Waals surface area contributed by atoms with Gasteiger partial charge in [-0.2, -0.15) is 0 Å². The predicted molar refractivity (Wildman–Crippen MR) is 118 cm³/mol. The molecule has 1 aromatic heterocycles. The summed E-state index contributed by atoms with van der Waals surface area (Å²) in [5.74, 6) is -0.0166.